The standard InChI is InChI=1S/C31H38N8O5/c1-30(2,3)44-28(41)36-22-11-31(12-22)13-23(14-31)39-24-10-26(32-16-25(24)38(5)29(39)42)34-20-7-18(19-15-33-37(4)17-19)8-21(9-20)35-27(40)43-6/h7-10,15-17,22-23H,11-14H2,1-6H3,(H,32,34)(H,35,40)(H,36,41). The zero-order valence-electron chi connectivity index (χ0n) is 25.8. The fourth-order valence-corrected chi connectivity index (χ4v) is 6.52. The molecule has 3 N–H and O–H groups in total. The van der Waals surface area contributed by atoms with E-state index in [-0.39, 0.29) is 29.3 Å². The number of aromatic nitrogens is 5. The van der Waals surface area contributed by atoms with Gasteiger partial charge in [0.25, 0.3) is 0 Å². The molecule has 1 spiro atoms. The van der Waals surface area contributed by atoms with Gasteiger partial charge in [0.15, 0.2) is 0 Å². The normalized spacial score (nSPS) is 21.0. The summed E-state index contributed by atoms with van der Waals surface area (Å²) in [5.74, 6) is 0.559. The number of imidazole rings is 1. The van der Waals surface area contributed by atoms with Crippen molar-refractivity contribution in [3.8, 4) is 11.1 Å². The van der Waals surface area contributed by atoms with Gasteiger partial charge in [0.05, 0.1) is 30.5 Å². The molecule has 2 saturated carbocycles. The smallest absolute Gasteiger partial charge is 0.411 e. The molecule has 2 amide bonds. The lowest BCUT2D eigenvalue weighted by Crippen LogP contribution is -2.57. The second kappa shape index (κ2) is 10.7. The number of carbonyl (C=O) groups excluding carboxylic acids is 2. The van der Waals surface area contributed by atoms with Crippen LogP contribution in [0.4, 0.5) is 26.8 Å². The molecule has 2 aliphatic rings. The Bertz CT molecular complexity index is 1800. The molecular formula is C31H38N8O5. The van der Waals surface area contributed by atoms with Crippen LogP contribution < -0.4 is 21.6 Å². The second-order valence-electron chi connectivity index (χ2n) is 13.0. The fourth-order valence-electron chi connectivity index (χ4n) is 6.52. The Balaban J connectivity index is 1.21. The molecule has 3 heterocycles. The number of nitrogens with zero attached hydrogens (tertiary/aromatic N) is 5. The fraction of sp³-hybridized carbons (Fsp3) is 0.452. The first-order valence-electron chi connectivity index (χ1n) is 14.6. The van der Waals surface area contributed by atoms with Crippen molar-refractivity contribution in [2.75, 3.05) is 17.7 Å². The summed E-state index contributed by atoms with van der Waals surface area (Å²) in [5, 5.41) is 13.3. The molecule has 0 bridgehead atoms. The van der Waals surface area contributed by atoms with E-state index in [0.29, 0.717) is 17.2 Å². The molecule has 0 aliphatic heterocycles. The molecule has 0 unspecified atom stereocenters. The number of benzene rings is 1. The van der Waals surface area contributed by atoms with E-state index in [1.807, 2.05) is 56.8 Å². The van der Waals surface area contributed by atoms with E-state index in [1.54, 1.807) is 34.8 Å². The predicted molar refractivity (Wildman–Crippen MR) is 166 cm³/mol. The van der Waals surface area contributed by atoms with Crippen molar-refractivity contribution < 1.29 is 19.1 Å². The summed E-state index contributed by atoms with van der Waals surface area (Å²) in [6.45, 7) is 5.55. The molecule has 44 heavy (non-hydrogen) atoms. The number of hydrogen-bond donors (Lipinski definition) is 3. The van der Waals surface area contributed by atoms with Crippen LogP contribution in [0.2, 0.25) is 0 Å². The average Bonchev–Trinajstić information content (AvgIpc) is 3.44. The Morgan fingerprint density at radius 3 is 2.34 bits per heavy atom. The van der Waals surface area contributed by atoms with E-state index in [4.69, 9.17) is 9.47 Å². The number of carbonyl (C=O) groups is 2. The molecule has 3 aromatic heterocycles. The van der Waals surface area contributed by atoms with Gasteiger partial charge >= 0.3 is 17.9 Å². The predicted octanol–water partition coefficient (Wildman–Crippen LogP) is 5.07. The van der Waals surface area contributed by atoms with Gasteiger partial charge in [-0.15, -0.1) is 0 Å². The topological polar surface area (TPSA) is 146 Å². The zero-order valence-corrected chi connectivity index (χ0v) is 25.8. The maximum atomic E-state index is 13.4. The number of fused-ring (bicyclic) bond motifs is 1. The van der Waals surface area contributed by atoms with Crippen molar-refractivity contribution >= 4 is 40.4 Å². The first-order chi connectivity index (χ1) is 20.8. The molecule has 0 atom stereocenters. The Morgan fingerprint density at radius 1 is 0.955 bits per heavy atom. The van der Waals surface area contributed by atoms with Crippen LogP contribution in [0.25, 0.3) is 22.2 Å². The summed E-state index contributed by atoms with van der Waals surface area (Å²) >= 11 is 0. The average molecular weight is 603 g/mol. The molecule has 4 aromatic rings. The number of ether oxygens (including phenoxy) is 2. The van der Waals surface area contributed by atoms with Crippen molar-refractivity contribution in [1.29, 1.82) is 0 Å². The van der Waals surface area contributed by atoms with Gasteiger partial charge in [-0.3, -0.25) is 19.1 Å². The van der Waals surface area contributed by atoms with Gasteiger partial charge in [0.2, 0.25) is 0 Å². The summed E-state index contributed by atoms with van der Waals surface area (Å²) in [6.07, 6.45) is 7.88. The van der Waals surface area contributed by atoms with E-state index < -0.39 is 11.7 Å². The SMILES string of the molecule is COC(=O)Nc1cc(Nc2cc3c(cn2)n(C)c(=O)n3C2CC3(CC(NC(=O)OC(C)(C)C)C3)C2)cc(-c2cnn(C)c2)c1. The summed E-state index contributed by atoms with van der Waals surface area (Å²) in [7, 11) is 4.91. The van der Waals surface area contributed by atoms with Crippen LogP contribution in [0.15, 0.2) is 47.7 Å². The summed E-state index contributed by atoms with van der Waals surface area (Å²) in [5.41, 5.74) is 4.02. The quantitative estimate of drug-likeness (QED) is 0.277. The third-order valence-electron chi connectivity index (χ3n) is 8.43. The van der Waals surface area contributed by atoms with Gasteiger partial charge < -0.3 is 20.1 Å². The lowest BCUT2D eigenvalue weighted by atomic mass is 9.52. The Morgan fingerprint density at radius 2 is 1.68 bits per heavy atom. The number of aryl methyl sites for hydroxylation is 2. The van der Waals surface area contributed by atoms with Gasteiger partial charge in [0.1, 0.15) is 11.4 Å². The minimum absolute atomic E-state index is 0.0636. The molecular weight excluding hydrogens is 564 g/mol. The molecule has 6 rings (SSSR count). The van der Waals surface area contributed by atoms with Crippen molar-refractivity contribution in [2.24, 2.45) is 19.5 Å². The number of alkyl carbamates (subject to hydrolysis) is 1. The highest BCUT2D eigenvalue weighted by atomic mass is 16.6. The number of hydrogen-bond acceptors (Lipinski definition) is 8. The van der Waals surface area contributed by atoms with Crippen LogP contribution in [-0.4, -0.2) is 54.8 Å². The van der Waals surface area contributed by atoms with Crippen LogP contribution >= 0.6 is 0 Å². The summed E-state index contributed by atoms with van der Waals surface area (Å²) in [6, 6.07) is 7.61. The van der Waals surface area contributed by atoms with Crippen molar-refractivity contribution in [3.05, 3.63) is 53.3 Å². The molecule has 232 valence electrons. The Kier molecular flexibility index (Phi) is 7.13. The third-order valence-corrected chi connectivity index (χ3v) is 8.43. The van der Waals surface area contributed by atoms with Gasteiger partial charge in [-0.25, -0.2) is 19.4 Å². The number of methoxy groups -OCH3 is 1. The molecule has 13 heteroatoms. The minimum atomic E-state index is -0.580. The van der Waals surface area contributed by atoms with Gasteiger partial charge in [-0.05, 0) is 75.6 Å². The number of rotatable bonds is 6. The first-order valence-corrected chi connectivity index (χ1v) is 14.6. The van der Waals surface area contributed by atoms with Crippen LogP contribution in [-0.2, 0) is 23.6 Å². The zero-order chi connectivity index (χ0) is 31.4. The highest BCUT2D eigenvalue weighted by molar-refractivity contribution is 5.88. The largest absolute Gasteiger partial charge is 0.453 e. The van der Waals surface area contributed by atoms with E-state index in [1.165, 1.54) is 7.11 Å². The molecule has 2 aliphatic carbocycles. The van der Waals surface area contributed by atoms with E-state index in [9.17, 15) is 14.4 Å². The van der Waals surface area contributed by atoms with Crippen LogP contribution in [0.5, 0.6) is 0 Å². The minimum Gasteiger partial charge on any atom is -0.453 e. The van der Waals surface area contributed by atoms with Crippen LogP contribution in [0, 0.1) is 5.41 Å². The van der Waals surface area contributed by atoms with Crippen molar-refractivity contribution in [1.82, 2.24) is 29.2 Å². The first kappa shape index (κ1) is 29.3. The highest BCUT2D eigenvalue weighted by Crippen LogP contribution is 2.60. The molecule has 13 nitrogen and oxygen atoms in total. The molecule has 0 saturated heterocycles. The van der Waals surface area contributed by atoms with Gasteiger partial charge in [-0.2, -0.15) is 5.10 Å². The van der Waals surface area contributed by atoms with Crippen molar-refractivity contribution in [2.45, 2.75) is 64.1 Å². The van der Waals surface area contributed by atoms with Crippen molar-refractivity contribution in [3.63, 3.8) is 0 Å². The van der Waals surface area contributed by atoms with Gasteiger partial charge in [-0.1, -0.05) is 0 Å². The maximum Gasteiger partial charge on any atom is 0.411 e. The van der Waals surface area contributed by atoms with Crippen LogP contribution in [0.1, 0.15) is 52.5 Å². The maximum absolute atomic E-state index is 13.4. The summed E-state index contributed by atoms with van der Waals surface area (Å²) < 4.78 is 15.4. The second-order valence-corrected chi connectivity index (χ2v) is 13.0. The monoisotopic (exact) mass is 602 g/mol. The molecule has 2 fully saturated rings. The highest BCUT2D eigenvalue weighted by Gasteiger charge is 2.54. The Labute approximate surface area is 254 Å². The number of amides is 2. The number of anilines is 3. The van der Waals surface area contributed by atoms with Crippen LogP contribution in [0.3, 0.4) is 0 Å². The molecule has 0 radical (unpaired) electrons. The lowest BCUT2D eigenvalue weighted by Gasteiger charge is -2.57. The third kappa shape index (κ3) is 5.73. The van der Waals surface area contributed by atoms with E-state index >= 15 is 0 Å². The molecule has 1 aromatic carbocycles. The van der Waals surface area contributed by atoms with Gasteiger partial charge in [0, 0.05) is 55.4 Å². The Hall–Kier alpha value is -4.81. The summed E-state index contributed by atoms with van der Waals surface area (Å²) in [4.78, 5) is 42.1. The van der Waals surface area contributed by atoms with E-state index in [2.05, 4.69) is 26.0 Å². The number of nitrogens with one attached hydrogen (secondary N) is 3. The lowest BCUT2D eigenvalue weighted by molar-refractivity contribution is -0.0447. The van der Waals surface area contributed by atoms with E-state index in [0.717, 1.165) is 47.8 Å². The number of pyridine rings is 1.